The SMILES string of the molecule is COc1ccc2c(c1)CC(c1cccnc1)=C2. The van der Waals surface area contributed by atoms with Crippen molar-refractivity contribution in [1.29, 1.82) is 0 Å². The van der Waals surface area contributed by atoms with Gasteiger partial charge in [0, 0.05) is 12.4 Å². The van der Waals surface area contributed by atoms with Gasteiger partial charge in [-0.2, -0.15) is 0 Å². The number of benzene rings is 1. The molecule has 1 aliphatic rings. The van der Waals surface area contributed by atoms with Crippen LogP contribution in [0.15, 0.2) is 42.7 Å². The van der Waals surface area contributed by atoms with Crippen molar-refractivity contribution in [3.05, 3.63) is 59.4 Å². The zero-order chi connectivity index (χ0) is 11.7. The van der Waals surface area contributed by atoms with E-state index in [2.05, 4.69) is 29.3 Å². The molecule has 2 aromatic rings. The molecular formula is C15H13NO. The van der Waals surface area contributed by atoms with Crippen molar-refractivity contribution in [3.8, 4) is 5.75 Å². The normalized spacial score (nSPS) is 13.1. The van der Waals surface area contributed by atoms with Crippen LogP contribution >= 0.6 is 0 Å². The molecule has 0 fully saturated rings. The minimum atomic E-state index is 0.921. The molecule has 0 saturated heterocycles. The quantitative estimate of drug-likeness (QED) is 0.780. The topological polar surface area (TPSA) is 22.1 Å². The van der Waals surface area contributed by atoms with Crippen LogP contribution in [0.3, 0.4) is 0 Å². The Morgan fingerprint density at radius 1 is 1.24 bits per heavy atom. The molecule has 0 amide bonds. The smallest absolute Gasteiger partial charge is 0.119 e. The lowest BCUT2D eigenvalue weighted by atomic mass is 10.1. The predicted octanol–water partition coefficient (Wildman–Crippen LogP) is 3.19. The van der Waals surface area contributed by atoms with Crippen LogP contribution in [0, 0.1) is 0 Å². The molecular weight excluding hydrogens is 210 g/mol. The lowest BCUT2D eigenvalue weighted by molar-refractivity contribution is 0.414. The highest BCUT2D eigenvalue weighted by Crippen LogP contribution is 2.33. The molecule has 1 heterocycles. The highest BCUT2D eigenvalue weighted by atomic mass is 16.5. The number of methoxy groups -OCH3 is 1. The number of ether oxygens (including phenoxy) is 1. The molecule has 0 spiro atoms. The molecule has 0 radical (unpaired) electrons. The molecule has 17 heavy (non-hydrogen) atoms. The molecule has 0 N–H and O–H groups in total. The zero-order valence-electron chi connectivity index (χ0n) is 9.68. The Balaban J connectivity index is 1.95. The summed E-state index contributed by atoms with van der Waals surface area (Å²) in [4.78, 5) is 4.16. The molecule has 1 aromatic heterocycles. The third-order valence-corrected chi connectivity index (χ3v) is 3.09. The highest BCUT2D eigenvalue weighted by Gasteiger charge is 2.14. The number of pyridine rings is 1. The summed E-state index contributed by atoms with van der Waals surface area (Å²) in [5, 5.41) is 0. The van der Waals surface area contributed by atoms with Crippen LogP contribution in [-0.2, 0) is 6.42 Å². The van der Waals surface area contributed by atoms with Crippen LogP contribution in [-0.4, -0.2) is 12.1 Å². The monoisotopic (exact) mass is 223 g/mol. The van der Waals surface area contributed by atoms with Crippen LogP contribution in [0.2, 0.25) is 0 Å². The number of hydrogen-bond donors (Lipinski definition) is 0. The average molecular weight is 223 g/mol. The van der Waals surface area contributed by atoms with Crippen molar-refractivity contribution in [1.82, 2.24) is 4.98 Å². The summed E-state index contributed by atoms with van der Waals surface area (Å²) >= 11 is 0. The van der Waals surface area contributed by atoms with E-state index >= 15 is 0 Å². The fraction of sp³-hybridized carbons (Fsp3) is 0.133. The second-order valence-electron chi connectivity index (χ2n) is 4.15. The van der Waals surface area contributed by atoms with Crippen molar-refractivity contribution in [3.63, 3.8) is 0 Å². The van der Waals surface area contributed by atoms with Gasteiger partial charge in [-0.1, -0.05) is 18.2 Å². The fourth-order valence-corrected chi connectivity index (χ4v) is 2.19. The fourth-order valence-electron chi connectivity index (χ4n) is 2.19. The van der Waals surface area contributed by atoms with Crippen molar-refractivity contribution in [2.45, 2.75) is 6.42 Å². The van der Waals surface area contributed by atoms with Crippen molar-refractivity contribution >= 4 is 11.6 Å². The second-order valence-corrected chi connectivity index (χ2v) is 4.15. The first kappa shape index (κ1) is 10.1. The molecule has 1 aliphatic carbocycles. The van der Waals surface area contributed by atoms with E-state index in [1.807, 2.05) is 18.3 Å². The summed E-state index contributed by atoms with van der Waals surface area (Å²) in [6, 6.07) is 10.3. The average Bonchev–Trinajstić information content (AvgIpc) is 2.82. The van der Waals surface area contributed by atoms with Crippen LogP contribution < -0.4 is 4.74 Å². The van der Waals surface area contributed by atoms with Gasteiger partial charge in [-0.05, 0) is 46.9 Å². The van der Waals surface area contributed by atoms with Crippen molar-refractivity contribution in [2.75, 3.05) is 7.11 Å². The Labute approximate surface area is 101 Å². The number of nitrogens with zero attached hydrogens (tertiary/aromatic N) is 1. The van der Waals surface area contributed by atoms with Gasteiger partial charge in [0.25, 0.3) is 0 Å². The largest absolute Gasteiger partial charge is 0.497 e. The van der Waals surface area contributed by atoms with Gasteiger partial charge >= 0.3 is 0 Å². The van der Waals surface area contributed by atoms with Gasteiger partial charge in [0.15, 0.2) is 0 Å². The summed E-state index contributed by atoms with van der Waals surface area (Å²) in [6.07, 6.45) is 6.90. The maximum Gasteiger partial charge on any atom is 0.119 e. The Bertz CT molecular complexity index is 573. The summed E-state index contributed by atoms with van der Waals surface area (Å²) in [5.41, 5.74) is 5.12. The highest BCUT2D eigenvalue weighted by molar-refractivity contribution is 5.88. The molecule has 0 bridgehead atoms. The minimum Gasteiger partial charge on any atom is -0.497 e. The Morgan fingerprint density at radius 3 is 2.94 bits per heavy atom. The molecule has 1 aromatic carbocycles. The summed E-state index contributed by atoms with van der Waals surface area (Å²) in [7, 11) is 1.70. The molecule has 84 valence electrons. The van der Waals surface area contributed by atoms with E-state index in [0.717, 1.165) is 12.2 Å². The van der Waals surface area contributed by atoms with Crippen LogP contribution in [0.4, 0.5) is 0 Å². The van der Waals surface area contributed by atoms with E-state index in [4.69, 9.17) is 4.74 Å². The number of aromatic nitrogens is 1. The summed E-state index contributed by atoms with van der Waals surface area (Å²) in [5.74, 6) is 0.921. The van der Waals surface area contributed by atoms with E-state index in [0.29, 0.717) is 0 Å². The second kappa shape index (κ2) is 4.06. The third kappa shape index (κ3) is 1.82. The Morgan fingerprint density at radius 2 is 2.18 bits per heavy atom. The first-order chi connectivity index (χ1) is 8.36. The number of rotatable bonds is 2. The molecule has 2 heteroatoms. The van der Waals surface area contributed by atoms with Gasteiger partial charge in [0.05, 0.1) is 7.11 Å². The summed E-state index contributed by atoms with van der Waals surface area (Å²) < 4.78 is 5.24. The maximum absolute atomic E-state index is 5.24. The van der Waals surface area contributed by atoms with E-state index in [1.165, 1.54) is 22.3 Å². The van der Waals surface area contributed by atoms with Crippen molar-refractivity contribution < 1.29 is 4.74 Å². The molecule has 0 aliphatic heterocycles. The number of hydrogen-bond acceptors (Lipinski definition) is 2. The van der Waals surface area contributed by atoms with Gasteiger partial charge in [-0.3, -0.25) is 4.98 Å². The van der Waals surface area contributed by atoms with Gasteiger partial charge in [0.1, 0.15) is 5.75 Å². The Hall–Kier alpha value is -2.09. The molecule has 2 nitrogen and oxygen atoms in total. The van der Waals surface area contributed by atoms with Gasteiger partial charge in [-0.25, -0.2) is 0 Å². The van der Waals surface area contributed by atoms with E-state index in [-0.39, 0.29) is 0 Å². The van der Waals surface area contributed by atoms with Gasteiger partial charge < -0.3 is 4.74 Å². The predicted molar refractivity (Wildman–Crippen MR) is 68.8 cm³/mol. The number of fused-ring (bicyclic) bond motifs is 1. The van der Waals surface area contributed by atoms with E-state index in [9.17, 15) is 0 Å². The number of allylic oxidation sites excluding steroid dienone is 1. The molecule has 0 unspecified atom stereocenters. The zero-order valence-corrected chi connectivity index (χ0v) is 9.68. The van der Waals surface area contributed by atoms with Gasteiger partial charge in [-0.15, -0.1) is 0 Å². The standard InChI is InChI=1S/C15H13NO/c1-17-15-5-4-11-7-13(8-14(11)9-15)12-3-2-6-16-10-12/h2-7,9-10H,8H2,1H3. The van der Waals surface area contributed by atoms with Crippen LogP contribution in [0.5, 0.6) is 5.75 Å². The van der Waals surface area contributed by atoms with Crippen LogP contribution in [0.25, 0.3) is 11.6 Å². The van der Waals surface area contributed by atoms with Crippen molar-refractivity contribution in [2.24, 2.45) is 0 Å². The first-order valence-corrected chi connectivity index (χ1v) is 5.65. The maximum atomic E-state index is 5.24. The lowest BCUT2D eigenvalue weighted by Crippen LogP contribution is -1.88. The van der Waals surface area contributed by atoms with E-state index < -0.39 is 0 Å². The Kier molecular flexibility index (Phi) is 2.41. The van der Waals surface area contributed by atoms with Crippen LogP contribution in [0.1, 0.15) is 16.7 Å². The van der Waals surface area contributed by atoms with E-state index in [1.54, 1.807) is 13.3 Å². The minimum absolute atomic E-state index is 0.921. The molecule has 0 saturated carbocycles. The molecule has 0 atom stereocenters. The van der Waals surface area contributed by atoms with Gasteiger partial charge in [0.2, 0.25) is 0 Å². The summed E-state index contributed by atoms with van der Waals surface area (Å²) in [6.45, 7) is 0. The molecule has 3 rings (SSSR count). The third-order valence-electron chi connectivity index (χ3n) is 3.09. The first-order valence-electron chi connectivity index (χ1n) is 5.65. The lowest BCUT2D eigenvalue weighted by Gasteiger charge is -2.03.